The van der Waals surface area contributed by atoms with Gasteiger partial charge in [-0.1, -0.05) is 17.3 Å². The molecule has 6 heteroatoms. The van der Waals surface area contributed by atoms with Crippen LogP contribution >= 0.6 is 11.3 Å². The Morgan fingerprint density at radius 3 is 2.95 bits per heavy atom. The number of hydrogen-bond donors (Lipinski definition) is 1. The molecule has 2 aromatic heterocycles. The Kier molecular flexibility index (Phi) is 3.24. The van der Waals surface area contributed by atoms with Crippen molar-refractivity contribution in [2.45, 2.75) is 13.5 Å². The van der Waals surface area contributed by atoms with Gasteiger partial charge in [0.1, 0.15) is 5.01 Å². The summed E-state index contributed by atoms with van der Waals surface area (Å²) in [4.78, 5) is 4.44. The quantitative estimate of drug-likeness (QED) is 0.792. The summed E-state index contributed by atoms with van der Waals surface area (Å²) in [5, 5.41) is 14.4. The number of anilines is 1. The van der Waals surface area contributed by atoms with Crippen LogP contribution in [0.15, 0.2) is 42.0 Å². The minimum atomic E-state index is 0.713. The first-order valence-electron chi connectivity index (χ1n) is 5.93. The van der Waals surface area contributed by atoms with Gasteiger partial charge in [-0.25, -0.2) is 9.67 Å². The lowest BCUT2D eigenvalue weighted by molar-refractivity contribution is 0.803. The lowest BCUT2D eigenvalue weighted by Crippen LogP contribution is -2.04. The van der Waals surface area contributed by atoms with E-state index in [1.807, 2.05) is 37.4 Å². The Bertz CT molecular complexity index is 659. The van der Waals surface area contributed by atoms with Crippen LogP contribution < -0.4 is 5.32 Å². The maximum atomic E-state index is 4.44. The van der Waals surface area contributed by atoms with E-state index in [2.05, 4.69) is 26.0 Å². The van der Waals surface area contributed by atoms with E-state index < -0.39 is 0 Å². The SMILES string of the molecule is Cc1csc(CNc2ccccc2-n2ccnn2)n1. The maximum absolute atomic E-state index is 4.44. The van der Waals surface area contributed by atoms with Gasteiger partial charge >= 0.3 is 0 Å². The number of para-hydroxylation sites is 2. The number of thiazole rings is 1. The van der Waals surface area contributed by atoms with Crippen molar-refractivity contribution in [1.82, 2.24) is 20.0 Å². The predicted molar refractivity (Wildman–Crippen MR) is 75.5 cm³/mol. The minimum Gasteiger partial charge on any atom is -0.377 e. The molecule has 3 aromatic rings. The Hall–Kier alpha value is -2.21. The van der Waals surface area contributed by atoms with Crippen molar-refractivity contribution in [2.24, 2.45) is 0 Å². The molecule has 0 aliphatic rings. The fourth-order valence-corrected chi connectivity index (χ4v) is 2.53. The molecule has 0 amide bonds. The second-order valence-electron chi connectivity index (χ2n) is 4.10. The fraction of sp³-hybridized carbons (Fsp3) is 0.154. The predicted octanol–water partition coefficient (Wildman–Crippen LogP) is 2.64. The van der Waals surface area contributed by atoms with Crippen LogP contribution in [0.25, 0.3) is 5.69 Å². The first-order chi connectivity index (χ1) is 9.33. The number of nitrogens with one attached hydrogen (secondary N) is 1. The van der Waals surface area contributed by atoms with Gasteiger partial charge in [0.2, 0.25) is 0 Å². The fourth-order valence-electron chi connectivity index (χ4n) is 1.81. The Morgan fingerprint density at radius 1 is 1.32 bits per heavy atom. The van der Waals surface area contributed by atoms with Crippen molar-refractivity contribution < 1.29 is 0 Å². The van der Waals surface area contributed by atoms with Crippen molar-refractivity contribution in [1.29, 1.82) is 0 Å². The van der Waals surface area contributed by atoms with Crippen molar-refractivity contribution in [3.05, 3.63) is 52.7 Å². The van der Waals surface area contributed by atoms with Crippen LogP contribution in [0.4, 0.5) is 5.69 Å². The molecule has 5 nitrogen and oxygen atoms in total. The molecule has 19 heavy (non-hydrogen) atoms. The number of rotatable bonds is 4. The number of nitrogens with zero attached hydrogens (tertiary/aromatic N) is 4. The number of benzene rings is 1. The summed E-state index contributed by atoms with van der Waals surface area (Å²) < 4.78 is 1.75. The summed E-state index contributed by atoms with van der Waals surface area (Å²) in [5.74, 6) is 0. The zero-order valence-electron chi connectivity index (χ0n) is 10.4. The molecule has 0 saturated carbocycles. The largest absolute Gasteiger partial charge is 0.377 e. The summed E-state index contributed by atoms with van der Waals surface area (Å²) >= 11 is 1.66. The van der Waals surface area contributed by atoms with E-state index in [9.17, 15) is 0 Å². The lowest BCUT2D eigenvalue weighted by Gasteiger charge is -2.10. The summed E-state index contributed by atoms with van der Waals surface area (Å²) in [6.45, 7) is 2.72. The lowest BCUT2D eigenvalue weighted by atomic mass is 10.2. The highest BCUT2D eigenvalue weighted by Crippen LogP contribution is 2.20. The second-order valence-corrected chi connectivity index (χ2v) is 5.04. The Morgan fingerprint density at radius 2 is 2.21 bits per heavy atom. The smallest absolute Gasteiger partial charge is 0.112 e. The zero-order valence-corrected chi connectivity index (χ0v) is 11.3. The van der Waals surface area contributed by atoms with Gasteiger partial charge in [0.15, 0.2) is 0 Å². The van der Waals surface area contributed by atoms with Crippen LogP contribution in [-0.2, 0) is 6.54 Å². The van der Waals surface area contributed by atoms with Gasteiger partial charge in [-0.15, -0.1) is 16.4 Å². The second kappa shape index (κ2) is 5.19. The van der Waals surface area contributed by atoms with E-state index in [1.165, 1.54) is 0 Å². The molecule has 0 saturated heterocycles. The van der Waals surface area contributed by atoms with Gasteiger partial charge < -0.3 is 5.32 Å². The third-order valence-electron chi connectivity index (χ3n) is 2.67. The van der Waals surface area contributed by atoms with Crippen LogP contribution in [0, 0.1) is 6.92 Å². The molecule has 0 aliphatic carbocycles. The van der Waals surface area contributed by atoms with Crippen LogP contribution in [0.2, 0.25) is 0 Å². The molecule has 0 unspecified atom stereocenters. The third-order valence-corrected chi connectivity index (χ3v) is 3.64. The van der Waals surface area contributed by atoms with Crippen molar-refractivity contribution in [3.63, 3.8) is 0 Å². The molecule has 1 aromatic carbocycles. The summed E-state index contributed by atoms with van der Waals surface area (Å²) in [7, 11) is 0. The highest BCUT2D eigenvalue weighted by atomic mass is 32.1. The third kappa shape index (κ3) is 2.63. The molecule has 96 valence electrons. The molecular formula is C13H13N5S. The molecule has 3 rings (SSSR count). The highest BCUT2D eigenvalue weighted by Gasteiger charge is 2.05. The summed E-state index contributed by atoms with van der Waals surface area (Å²) in [5.41, 5.74) is 3.06. The van der Waals surface area contributed by atoms with Gasteiger partial charge in [-0.3, -0.25) is 0 Å². The molecule has 0 fully saturated rings. The first kappa shape index (κ1) is 11.9. The minimum absolute atomic E-state index is 0.713. The molecule has 0 atom stereocenters. The van der Waals surface area contributed by atoms with Gasteiger partial charge in [-0.2, -0.15) is 0 Å². The summed E-state index contributed by atoms with van der Waals surface area (Å²) in [6, 6.07) is 8.01. The first-order valence-corrected chi connectivity index (χ1v) is 6.81. The van der Waals surface area contributed by atoms with E-state index in [-0.39, 0.29) is 0 Å². The van der Waals surface area contributed by atoms with Crippen molar-refractivity contribution in [3.8, 4) is 5.69 Å². The zero-order chi connectivity index (χ0) is 13.1. The molecule has 1 N–H and O–H groups in total. The van der Waals surface area contributed by atoms with E-state index >= 15 is 0 Å². The topological polar surface area (TPSA) is 55.6 Å². The van der Waals surface area contributed by atoms with Crippen molar-refractivity contribution >= 4 is 17.0 Å². The number of aryl methyl sites for hydroxylation is 1. The average molecular weight is 271 g/mol. The van der Waals surface area contributed by atoms with Gasteiger partial charge in [0.05, 0.1) is 30.3 Å². The van der Waals surface area contributed by atoms with E-state index in [4.69, 9.17) is 0 Å². The summed E-state index contributed by atoms with van der Waals surface area (Å²) in [6.07, 6.45) is 3.50. The van der Waals surface area contributed by atoms with Gasteiger partial charge in [0.25, 0.3) is 0 Å². The Labute approximate surface area is 114 Å². The van der Waals surface area contributed by atoms with Crippen LogP contribution in [0.1, 0.15) is 10.7 Å². The molecule has 0 aliphatic heterocycles. The van der Waals surface area contributed by atoms with E-state index in [1.54, 1.807) is 22.2 Å². The van der Waals surface area contributed by atoms with Gasteiger partial charge in [0, 0.05) is 11.1 Å². The highest BCUT2D eigenvalue weighted by molar-refractivity contribution is 7.09. The number of hydrogen-bond acceptors (Lipinski definition) is 5. The maximum Gasteiger partial charge on any atom is 0.112 e. The van der Waals surface area contributed by atoms with E-state index in [0.29, 0.717) is 6.54 Å². The Balaban J connectivity index is 1.81. The van der Waals surface area contributed by atoms with Crippen LogP contribution in [0.5, 0.6) is 0 Å². The van der Waals surface area contributed by atoms with Crippen LogP contribution in [0.3, 0.4) is 0 Å². The molecule has 0 bridgehead atoms. The van der Waals surface area contributed by atoms with E-state index in [0.717, 1.165) is 22.1 Å². The average Bonchev–Trinajstić information content (AvgIpc) is 3.08. The monoisotopic (exact) mass is 271 g/mol. The normalized spacial score (nSPS) is 10.6. The molecule has 0 spiro atoms. The standard InChI is InChI=1S/C13H13N5S/c1-10-9-19-13(16-10)8-14-11-4-2-3-5-12(11)18-7-6-15-17-18/h2-7,9,14H,8H2,1H3. The molecular weight excluding hydrogens is 258 g/mol. The van der Waals surface area contributed by atoms with Gasteiger partial charge in [-0.05, 0) is 19.1 Å². The van der Waals surface area contributed by atoms with Crippen molar-refractivity contribution in [2.75, 3.05) is 5.32 Å². The number of aromatic nitrogens is 4. The molecule has 0 radical (unpaired) electrons. The molecule has 2 heterocycles. The van der Waals surface area contributed by atoms with Crippen LogP contribution in [-0.4, -0.2) is 20.0 Å².